The summed E-state index contributed by atoms with van der Waals surface area (Å²) < 4.78 is 0. The van der Waals surface area contributed by atoms with Gasteiger partial charge < -0.3 is 19.8 Å². The molecule has 1 N–H and O–H groups in total. The zero-order chi connectivity index (χ0) is 14.7. The molecule has 2 aliphatic rings. The second kappa shape index (κ2) is 6.43. The van der Waals surface area contributed by atoms with Crippen LogP contribution in [0.1, 0.15) is 25.7 Å². The molecule has 0 bridgehead atoms. The topological polar surface area (TPSA) is 64.1 Å². The van der Waals surface area contributed by atoms with Crippen LogP contribution in [0.15, 0.2) is 0 Å². The van der Waals surface area contributed by atoms with Crippen LogP contribution in [0.5, 0.6) is 0 Å². The normalized spacial score (nSPS) is 24.9. The zero-order valence-electron chi connectivity index (χ0n) is 12.4. The van der Waals surface area contributed by atoms with Gasteiger partial charge in [-0.3, -0.25) is 0 Å². The lowest BCUT2D eigenvalue weighted by atomic mass is 9.97. The van der Waals surface area contributed by atoms with Crippen molar-refractivity contribution in [3.63, 3.8) is 0 Å². The van der Waals surface area contributed by atoms with Gasteiger partial charge in [-0.2, -0.15) is 0 Å². The van der Waals surface area contributed by atoms with Crippen molar-refractivity contribution in [3.8, 4) is 0 Å². The number of carboxylic acid groups (broad SMARTS) is 1. The molecule has 0 unspecified atom stereocenters. The number of amides is 2. The number of carboxylic acids is 1. The van der Waals surface area contributed by atoms with Gasteiger partial charge in [0.15, 0.2) is 0 Å². The van der Waals surface area contributed by atoms with Crippen LogP contribution in [0.4, 0.5) is 4.79 Å². The van der Waals surface area contributed by atoms with E-state index in [0.29, 0.717) is 18.9 Å². The lowest BCUT2D eigenvalue weighted by Crippen LogP contribution is -2.48. The van der Waals surface area contributed by atoms with Gasteiger partial charge in [0.05, 0.1) is 0 Å². The molecule has 6 heteroatoms. The van der Waals surface area contributed by atoms with Gasteiger partial charge >= 0.3 is 12.0 Å². The Labute approximate surface area is 120 Å². The molecule has 2 rings (SSSR count). The minimum atomic E-state index is -0.886. The molecule has 0 saturated carbocycles. The summed E-state index contributed by atoms with van der Waals surface area (Å²) in [5, 5.41) is 9.15. The Morgan fingerprint density at radius 3 is 2.45 bits per heavy atom. The number of aliphatic carboxylic acids is 1. The second-order valence-electron chi connectivity index (χ2n) is 6.10. The maximum absolute atomic E-state index is 12.4. The van der Waals surface area contributed by atoms with Crippen LogP contribution in [-0.4, -0.2) is 78.1 Å². The summed E-state index contributed by atoms with van der Waals surface area (Å²) in [5.74, 6) is -0.352. The van der Waals surface area contributed by atoms with Crippen molar-refractivity contribution in [1.82, 2.24) is 14.7 Å². The van der Waals surface area contributed by atoms with Crippen molar-refractivity contribution in [3.05, 3.63) is 0 Å². The first-order chi connectivity index (χ1) is 9.49. The Morgan fingerprint density at radius 1 is 1.20 bits per heavy atom. The summed E-state index contributed by atoms with van der Waals surface area (Å²) >= 11 is 0. The Hall–Kier alpha value is -1.30. The van der Waals surface area contributed by atoms with Crippen LogP contribution in [-0.2, 0) is 4.79 Å². The fraction of sp³-hybridized carbons (Fsp3) is 0.857. The maximum atomic E-state index is 12.4. The molecule has 6 nitrogen and oxygen atoms in total. The van der Waals surface area contributed by atoms with Gasteiger partial charge in [0.2, 0.25) is 0 Å². The number of piperidine rings is 1. The van der Waals surface area contributed by atoms with E-state index < -0.39 is 12.0 Å². The highest BCUT2D eigenvalue weighted by atomic mass is 16.4. The highest BCUT2D eigenvalue weighted by molar-refractivity contribution is 5.83. The molecule has 0 aromatic heterocycles. The average Bonchev–Trinajstić information content (AvgIpc) is 2.90. The molecule has 0 aromatic rings. The number of hydrogen-bond acceptors (Lipinski definition) is 3. The van der Waals surface area contributed by atoms with Gasteiger partial charge in [0, 0.05) is 20.1 Å². The van der Waals surface area contributed by atoms with Crippen LogP contribution in [0.3, 0.4) is 0 Å². The lowest BCUT2D eigenvalue weighted by molar-refractivity contribution is -0.141. The van der Waals surface area contributed by atoms with E-state index in [2.05, 4.69) is 11.9 Å². The molecular formula is C14H25N3O3. The van der Waals surface area contributed by atoms with Crippen LogP contribution < -0.4 is 0 Å². The van der Waals surface area contributed by atoms with Crippen molar-refractivity contribution in [2.24, 2.45) is 5.92 Å². The molecule has 0 radical (unpaired) electrons. The molecule has 0 spiro atoms. The first-order valence-corrected chi connectivity index (χ1v) is 7.42. The molecule has 0 aliphatic carbocycles. The quantitative estimate of drug-likeness (QED) is 0.837. The van der Waals surface area contributed by atoms with E-state index in [4.69, 9.17) is 5.11 Å². The van der Waals surface area contributed by atoms with E-state index >= 15 is 0 Å². The standard InChI is InChI=1S/C14H25N3O3/c1-15-8-5-11(6-9-15)10-16(2)14(20)17-7-3-4-12(17)13(18)19/h11-12H,3-10H2,1-2H3,(H,18,19)/t12-/m0/s1. The number of carbonyl (C=O) groups excluding carboxylic acids is 1. The zero-order valence-corrected chi connectivity index (χ0v) is 12.4. The van der Waals surface area contributed by atoms with Crippen LogP contribution in [0.25, 0.3) is 0 Å². The number of hydrogen-bond donors (Lipinski definition) is 1. The summed E-state index contributed by atoms with van der Waals surface area (Å²) in [6.45, 7) is 3.45. The third-order valence-electron chi connectivity index (χ3n) is 4.48. The smallest absolute Gasteiger partial charge is 0.326 e. The van der Waals surface area contributed by atoms with E-state index in [-0.39, 0.29) is 6.03 Å². The summed E-state index contributed by atoms with van der Waals surface area (Å²) in [4.78, 5) is 29.0. The Kier molecular flexibility index (Phi) is 4.86. The fourth-order valence-electron chi connectivity index (χ4n) is 3.18. The average molecular weight is 283 g/mol. The number of urea groups is 1. The molecule has 0 aromatic carbocycles. The Morgan fingerprint density at radius 2 is 1.85 bits per heavy atom. The van der Waals surface area contributed by atoms with Crippen LogP contribution in [0, 0.1) is 5.92 Å². The van der Waals surface area contributed by atoms with Gasteiger partial charge in [-0.1, -0.05) is 0 Å². The lowest BCUT2D eigenvalue weighted by Gasteiger charge is -2.33. The van der Waals surface area contributed by atoms with Gasteiger partial charge in [0.1, 0.15) is 6.04 Å². The first-order valence-electron chi connectivity index (χ1n) is 7.42. The van der Waals surface area contributed by atoms with Gasteiger partial charge in [-0.15, -0.1) is 0 Å². The summed E-state index contributed by atoms with van der Waals surface area (Å²) in [5.41, 5.74) is 0. The molecule has 2 saturated heterocycles. The predicted molar refractivity (Wildman–Crippen MR) is 75.6 cm³/mol. The third kappa shape index (κ3) is 3.42. The maximum Gasteiger partial charge on any atom is 0.326 e. The van der Waals surface area contributed by atoms with Crippen LogP contribution >= 0.6 is 0 Å². The molecule has 20 heavy (non-hydrogen) atoms. The SMILES string of the molecule is CN1CCC(CN(C)C(=O)N2CCC[C@H]2C(=O)O)CC1. The molecule has 2 aliphatic heterocycles. The molecule has 2 amide bonds. The van der Waals surface area contributed by atoms with E-state index in [1.165, 1.54) is 4.90 Å². The van der Waals surface area contributed by atoms with E-state index in [0.717, 1.165) is 38.9 Å². The van der Waals surface area contributed by atoms with Crippen molar-refractivity contribution >= 4 is 12.0 Å². The van der Waals surface area contributed by atoms with Crippen molar-refractivity contribution < 1.29 is 14.7 Å². The van der Waals surface area contributed by atoms with Gasteiger partial charge in [-0.25, -0.2) is 9.59 Å². The highest BCUT2D eigenvalue weighted by Crippen LogP contribution is 2.21. The Bertz CT molecular complexity index is 367. The Balaban J connectivity index is 1.87. The molecule has 1 atom stereocenters. The molecule has 2 fully saturated rings. The second-order valence-corrected chi connectivity index (χ2v) is 6.10. The van der Waals surface area contributed by atoms with Crippen molar-refractivity contribution in [2.75, 3.05) is 40.3 Å². The summed E-state index contributed by atoms with van der Waals surface area (Å²) in [6, 6.07) is -0.767. The monoisotopic (exact) mass is 283 g/mol. The number of rotatable bonds is 3. The van der Waals surface area contributed by atoms with Crippen LogP contribution in [0.2, 0.25) is 0 Å². The highest BCUT2D eigenvalue weighted by Gasteiger charge is 2.35. The number of nitrogens with zero attached hydrogens (tertiary/aromatic N) is 3. The molecular weight excluding hydrogens is 258 g/mol. The number of carbonyl (C=O) groups is 2. The number of likely N-dealkylation sites (tertiary alicyclic amines) is 2. The first kappa shape index (κ1) is 15.1. The fourth-order valence-corrected chi connectivity index (χ4v) is 3.18. The van der Waals surface area contributed by atoms with Crippen molar-refractivity contribution in [1.29, 1.82) is 0 Å². The third-order valence-corrected chi connectivity index (χ3v) is 4.48. The van der Waals surface area contributed by atoms with Crippen molar-refractivity contribution in [2.45, 2.75) is 31.7 Å². The van der Waals surface area contributed by atoms with E-state index in [1.807, 2.05) is 0 Å². The largest absolute Gasteiger partial charge is 0.480 e. The van der Waals surface area contributed by atoms with E-state index in [1.54, 1.807) is 11.9 Å². The summed E-state index contributed by atoms with van der Waals surface area (Å²) in [7, 11) is 3.91. The minimum Gasteiger partial charge on any atom is -0.480 e. The molecule has 114 valence electrons. The van der Waals surface area contributed by atoms with Gasteiger partial charge in [0.25, 0.3) is 0 Å². The van der Waals surface area contributed by atoms with Gasteiger partial charge in [-0.05, 0) is 51.7 Å². The summed E-state index contributed by atoms with van der Waals surface area (Å²) in [6.07, 6.45) is 3.57. The van der Waals surface area contributed by atoms with E-state index in [9.17, 15) is 9.59 Å². The predicted octanol–water partition coefficient (Wildman–Crippen LogP) is 0.929. The minimum absolute atomic E-state index is 0.131. The molecule has 2 heterocycles.